The van der Waals surface area contributed by atoms with Crippen molar-refractivity contribution in [1.82, 2.24) is 15.0 Å². The Labute approximate surface area is 182 Å². The minimum atomic E-state index is -0.0688. The number of hydrogen-bond acceptors (Lipinski definition) is 6. The first-order valence-corrected chi connectivity index (χ1v) is 10.6. The average Bonchev–Trinajstić information content (AvgIpc) is 3.38. The normalized spacial score (nSPS) is 18.4. The molecule has 1 aromatic carbocycles. The molecule has 7 nitrogen and oxygen atoms in total. The zero-order chi connectivity index (χ0) is 21.6. The number of rotatable bonds is 8. The van der Waals surface area contributed by atoms with Crippen molar-refractivity contribution in [2.24, 2.45) is 5.92 Å². The van der Waals surface area contributed by atoms with Crippen molar-refractivity contribution in [2.45, 2.75) is 39.4 Å². The summed E-state index contributed by atoms with van der Waals surface area (Å²) < 4.78 is 11.4. The zero-order valence-electron chi connectivity index (χ0n) is 18.0. The maximum atomic E-state index is 11.3. The van der Waals surface area contributed by atoms with Crippen LogP contribution in [0.4, 0.5) is 5.69 Å². The summed E-state index contributed by atoms with van der Waals surface area (Å²) in [7, 11) is 0. The van der Waals surface area contributed by atoms with Gasteiger partial charge in [-0.3, -0.25) is 14.7 Å². The third kappa shape index (κ3) is 5.77. The molecular weight excluding hydrogens is 392 g/mol. The lowest BCUT2D eigenvalue weighted by Gasteiger charge is -2.32. The van der Waals surface area contributed by atoms with Gasteiger partial charge in [0.25, 0.3) is 0 Å². The summed E-state index contributed by atoms with van der Waals surface area (Å²) in [5, 5.41) is 6.85. The van der Waals surface area contributed by atoms with Crippen LogP contribution in [0, 0.1) is 12.8 Å². The smallest absolute Gasteiger partial charge is 0.221 e. The lowest BCUT2D eigenvalue weighted by atomic mass is 9.95. The van der Waals surface area contributed by atoms with E-state index in [0.717, 1.165) is 36.7 Å². The van der Waals surface area contributed by atoms with Gasteiger partial charge in [0.2, 0.25) is 5.91 Å². The fourth-order valence-electron chi connectivity index (χ4n) is 4.10. The zero-order valence-corrected chi connectivity index (χ0v) is 18.0. The Morgan fingerprint density at radius 3 is 2.45 bits per heavy atom. The molecule has 1 aliphatic heterocycles. The second-order valence-electron chi connectivity index (χ2n) is 8.14. The van der Waals surface area contributed by atoms with E-state index in [1.54, 1.807) is 0 Å². The molecule has 3 aromatic rings. The van der Waals surface area contributed by atoms with E-state index in [-0.39, 0.29) is 11.9 Å². The second kappa shape index (κ2) is 9.85. The van der Waals surface area contributed by atoms with E-state index in [2.05, 4.69) is 44.6 Å². The van der Waals surface area contributed by atoms with E-state index in [9.17, 15) is 4.79 Å². The summed E-state index contributed by atoms with van der Waals surface area (Å²) >= 11 is 0. The van der Waals surface area contributed by atoms with Crippen molar-refractivity contribution in [3.8, 4) is 0 Å². The molecule has 1 aliphatic rings. The highest BCUT2D eigenvalue weighted by Crippen LogP contribution is 2.27. The van der Waals surface area contributed by atoms with Crippen LogP contribution >= 0.6 is 0 Å². The minimum absolute atomic E-state index is 0.0688. The number of pyridine rings is 1. The van der Waals surface area contributed by atoms with Gasteiger partial charge in [-0.05, 0) is 42.3 Å². The number of aryl methyl sites for hydroxylation is 1. The molecule has 2 atom stereocenters. The van der Waals surface area contributed by atoms with Gasteiger partial charge >= 0.3 is 0 Å². The molecule has 3 heterocycles. The fraction of sp³-hybridized carbons (Fsp3) is 0.375. The molecule has 0 spiro atoms. The Morgan fingerprint density at radius 2 is 1.81 bits per heavy atom. The number of nitrogens with one attached hydrogen (secondary N) is 1. The van der Waals surface area contributed by atoms with Crippen molar-refractivity contribution >= 4 is 11.6 Å². The van der Waals surface area contributed by atoms with Gasteiger partial charge in [0.1, 0.15) is 5.76 Å². The van der Waals surface area contributed by atoms with Crippen molar-refractivity contribution in [3.05, 3.63) is 77.4 Å². The van der Waals surface area contributed by atoms with Gasteiger partial charge in [0.05, 0.1) is 18.9 Å². The predicted octanol–water partition coefficient (Wildman–Crippen LogP) is 3.60. The van der Waals surface area contributed by atoms with Crippen LogP contribution in [0.3, 0.4) is 0 Å². The number of benzene rings is 1. The van der Waals surface area contributed by atoms with Crippen LogP contribution in [0.15, 0.2) is 59.4 Å². The number of anilines is 1. The predicted molar refractivity (Wildman–Crippen MR) is 117 cm³/mol. The second-order valence-corrected chi connectivity index (χ2v) is 8.14. The highest BCUT2D eigenvalue weighted by atomic mass is 16.5. The molecule has 0 unspecified atom stereocenters. The van der Waals surface area contributed by atoms with E-state index < -0.39 is 0 Å². The number of hydrogen-bond donors (Lipinski definition) is 1. The van der Waals surface area contributed by atoms with E-state index >= 15 is 0 Å². The van der Waals surface area contributed by atoms with Crippen molar-refractivity contribution < 1.29 is 14.1 Å². The van der Waals surface area contributed by atoms with E-state index in [0.29, 0.717) is 19.1 Å². The quantitative estimate of drug-likeness (QED) is 0.600. The fourth-order valence-corrected chi connectivity index (χ4v) is 4.10. The van der Waals surface area contributed by atoms with Gasteiger partial charge in [0.15, 0.2) is 0 Å². The van der Waals surface area contributed by atoms with Gasteiger partial charge in [-0.2, -0.15) is 0 Å². The molecule has 2 aromatic heterocycles. The monoisotopic (exact) mass is 420 g/mol. The molecule has 0 saturated carbocycles. The van der Waals surface area contributed by atoms with Crippen LogP contribution in [0.1, 0.15) is 29.5 Å². The van der Waals surface area contributed by atoms with E-state index in [1.807, 2.05) is 37.5 Å². The summed E-state index contributed by atoms with van der Waals surface area (Å²) in [5.41, 5.74) is 4.11. The maximum absolute atomic E-state index is 11.3. The summed E-state index contributed by atoms with van der Waals surface area (Å²) in [4.78, 5) is 17.9. The minimum Gasteiger partial charge on any atom is -0.379 e. The third-order valence-corrected chi connectivity index (χ3v) is 5.57. The Balaban J connectivity index is 1.52. The van der Waals surface area contributed by atoms with Gasteiger partial charge < -0.3 is 14.6 Å². The molecule has 0 radical (unpaired) electrons. The van der Waals surface area contributed by atoms with Crippen molar-refractivity contribution in [1.29, 1.82) is 0 Å². The maximum Gasteiger partial charge on any atom is 0.221 e. The first-order valence-electron chi connectivity index (χ1n) is 10.6. The Kier molecular flexibility index (Phi) is 6.74. The molecule has 0 bridgehead atoms. The van der Waals surface area contributed by atoms with Crippen LogP contribution in [0.25, 0.3) is 0 Å². The molecule has 1 amide bonds. The van der Waals surface area contributed by atoms with E-state index in [1.165, 1.54) is 18.1 Å². The summed E-state index contributed by atoms with van der Waals surface area (Å²) in [6.07, 6.45) is 4.46. The molecule has 162 valence electrons. The number of carbonyl (C=O) groups excluding carboxylic acids is 1. The molecule has 1 fully saturated rings. The van der Waals surface area contributed by atoms with Gasteiger partial charge in [0, 0.05) is 62.5 Å². The van der Waals surface area contributed by atoms with Crippen LogP contribution in [0.2, 0.25) is 0 Å². The number of nitrogens with zero attached hydrogens (tertiary/aromatic N) is 3. The average molecular weight is 421 g/mol. The Bertz CT molecular complexity index is 988. The number of ether oxygens (including phenoxy) is 1. The van der Waals surface area contributed by atoms with Crippen molar-refractivity contribution in [3.63, 3.8) is 0 Å². The van der Waals surface area contributed by atoms with Gasteiger partial charge in [-0.1, -0.05) is 17.3 Å². The lowest BCUT2D eigenvalue weighted by molar-refractivity contribution is -0.114. The lowest BCUT2D eigenvalue weighted by Crippen LogP contribution is -2.40. The van der Waals surface area contributed by atoms with Crippen LogP contribution in [0.5, 0.6) is 0 Å². The molecule has 7 heteroatoms. The van der Waals surface area contributed by atoms with Gasteiger partial charge in [-0.15, -0.1) is 0 Å². The largest absolute Gasteiger partial charge is 0.379 e. The molecular formula is C24H28N4O3. The molecule has 4 rings (SSSR count). The number of aromatic nitrogens is 2. The van der Waals surface area contributed by atoms with E-state index in [4.69, 9.17) is 9.26 Å². The standard InChI is InChI=1S/C24H28N4O3/c1-17-11-23(31-27-17)12-21-15-30-16-24(21)28(14-20-7-9-25-10-8-20)13-19-3-5-22(6-4-19)26-18(2)29/h3-11,21,24H,12-16H2,1-2H3,(H,26,29)/t21-,24-/m1/s1. The summed E-state index contributed by atoms with van der Waals surface area (Å²) in [5.74, 6) is 1.16. The molecule has 1 saturated heterocycles. The van der Waals surface area contributed by atoms with Crippen molar-refractivity contribution in [2.75, 3.05) is 18.5 Å². The Morgan fingerprint density at radius 1 is 1.10 bits per heavy atom. The van der Waals surface area contributed by atoms with Gasteiger partial charge in [-0.25, -0.2) is 0 Å². The third-order valence-electron chi connectivity index (χ3n) is 5.57. The summed E-state index contributed by atoms with van der Waals surface area (Å²) in [6.45, 7) is 6.43. The molecule has 1 N–H and O–H groups in total. The number of carbonyl (C=O) groups is 1. The van der Waals surface area contributed by atoms with Crippen LogP contribution in [-0.2, 0) is 29.0 Å². The topological polar surface area (TPSA) is 80.5 Å². The Hall–Kier alpha value is -3.03. The highest BCUT2D eigenvalue weighted by Gasteiger charge is 2.34. The first kappa shape index (κ1) is 21.2. The molecule has 31 heavy (non-hydrogen) atoms. The van der Waals surface area contributed by atoms with Crippen LogP contribution in [-0.4, -0.2) is 40.2 Å². The molecule has 0 aliphatic carbocycles. The summed E-state index contributed by atoms with van der Waals surface area (Å²) in [6, 6.07) is 14.4. The van der Waals surface area contributed by atoms with Crippen LogP contribution < -0.4 is 5.32 Å². The SMILES string of the molecule is CC(=O)Nc1ccc(CN(Cc2ccncc2)[C@@H]2COC[C@H]2Cc2cc(C)no2)cc1. The number of amides is 1. The highest BCUT2D eigenvalue weighted by molar-refractivity contribution is 5.88. The first-order chi connectivity index (χ1) is 15.1.